The molecule has 0 spiro atoms. The molecular weight excluding hydrogens is 254 g/mol. The lowest BCUT2D eigenvalue weighted by atomic mass is 9.92. The van der Waals surface area contributed by atoms with Gasteiger partial charge in [0.25, 0.3) is 5.91 Å². The molecule has 0 saturated carbocycles. The van der Waals surface area contributed by atoms with Crippen LogP contribution in [-0.2, 0) is 10.2 Å². The van der Waals surface area contributed by atoms with E-state index in [1.165, 1.54) is 0 Å². The third kappa shape index (κ3) is 3.93. The zero-order valence-corrected chi connectivity index (χ0v) is 12.5. The summed E-state index contributed by atoms with van der Waals surface area (Å²) in [6, 6.07) is 3.82. The number of carbonyl (C=O) groups is 1. The first kappa shape index (κ1) is 14.8. The van der Waals surface area contributed by atoms with Gasteiger partial charge in [-0.25, -0.2) is 0 Å². The van der Waals surface area contributed by atoms with Crippen LogP contribution in [0.4, 0.5) is 0 Å². The van der Waals surface area contributed by atoms with Gasteiger partial charge in [-0.05, 0) is 12.1 Å². The van der Waals surface area contributed by atoms with Crippen molar-refractivity contribution in [2.45, 2.75) is 26.2 Å². The largest absolute Gasteiger partial charge is 0.482 e. The fourth-order valence-corrected chi connectivity index (χ4v) is 2.06. The van der Waals surface area contributed by atoms with Crippen molar-refractivity contribution in [2.75, 3.05) is 32.8 Å². The minimum absolute atomic E-state index is 0.0230. The number of rotatable bonds is 3. The molecule has 0 aliphatic carbocycles. The van der Waals surface area contributed by atoms with Crippen molar-refractivity contribution in [1.82, 2.24) is 15.2 Å². The van der Waals surface area contributed by atoms with Crippen LogP contribution in [0, 0.1) is 0 Å². The summed E-state index contributed by atoms with van der Waals surface area (Å²) in [5, 5.41) is 3.22. The summed E-state index contributed by atoms with van der Waals surface area (Å²) in [7, 11) is 0. The Bertz CT molecular complexity index is 445. The monoisotopic (exact) mass is 277 g/mol. The van der Waals surface area contributed by atoms with Crippen molar-refractivity contribution in [3.63, 3.8) is 0 Å². The zero-order valence-electron chi connectivity index (χ0n) is 12.5. The average molecular weight is 277 g/mol. The van der Waals surface area contributed by atoms with Crippen molar-refractivity contribution in [1.29, 1.82) is 0 Å². The second-order valence-electron chi connectivity index (χ2n) is 6.05. The number of amides is 1. The van der Waals surface area contributed by atoms with Crippen molar-refractivity contribution in [3.05, 3.63) is 24.0 Å². The number of nitrogens with one attached hydrogen (secondary N) is 1. The lowest BCUT2D eigenvalue weighted by molar-refractivity contribution is -0.133. The highest BCUT2D eigenvalue weighted by Crippen LogP contribution is 2.21. The van der Waals surface area contributed by atoms with E-state index >= 15 is 0 Å². The quantitative estimate of drug-likeness (QED) is 0.901. The topological polar surface area (TPSA) is 54.5 Å². The van der Waals surface area contributed by atoms with E-state index in [1.54, 1.807) is 6.20 Å². The summed E-state index contributed by atoms with van der Waals surface area (Å²) >= 11 is 0. The van der Waals surface area contributed by atoms with Gasteiger partial charge in [-0.3, -0.25) is 9.78 Å². The summed E-state index contributed by atoms with van der Waals surface area (Å²) in [6.07, 6.45) is 1.69. The summed E-state index contributed by atoms with van der Waals surface area (Å²) < 4.78 is 5.51. The fraction of sp³-hybridized carbons (Fsp3) is 0.600. The van der Waals surface area contributed by atoms with E-state index in [0.29, 0.717) is 5.75 Å². The molecule has 1 aliphatic heterocycles. The van der Waals surface area contributed by atoms with Crippen molar-refractivity contribution in [2.24, 2.45) is 0 Å². The number of ether oxygens (including phenoxy) is 1. The molecule has 110 valence electrons. The molecule has 0 atom stereocenters. The van der Waals surface area contributed by atoms with E-state index in [4.69, 9.17) is 4.74 Å². The molecule has 1 saturated heterocycles. The van der Waals surface area contributed by atoms with Gasteiger partial charge in [0.1, 0.15) is 5.75 Å². The van der Waals surface area contributed by atoms with Gasteiger partial charge in [-0.15, -0.1) is 0 Å². The number of carbonyl (C=O) groups excluding carboxylic acids is 1. The van der Waals surface area contributed by atoms with Crippen molar-refractivity contribution < 1.29 is 9.53 Å². The van der Waals surface area contributed by atoms with Crippen LogP contribution in [0.3, 0.4) is 0 Å². The van der Waals surface area contributed by atoms with Crippen LogP contribution in [-0.4, -0.2) is 48.6 Å². The Hall–Kier alpha value is -1.62. The molecule has 0 radical (unpaired) electrons. The number of hydrogen-bond acceptors (Lipinski definition) is 4. The lowest BCUT2D eigenvalue weighted by Crippen LogP contribution is -2.47. The third-order valence-corrected chi connectivity index (χ3v) is 3.34. The molecule has 2 rings (SSSR count). The van der Waals surface area contributed by atoms with Gasteiger partial charge in [0.05, 0.1) is 6.20 Å². The number of piperazine rings is 1. The summed E-state index contributed by atoms with van der Waals surface area (Å²) in [4.78, 5) is 18.2. The van der Waals surface area contributed by atoms with Crippen molar-refractivity contribution >= 4 is 5.91 Å². The Labute approximate surface area is 120 Å². The molecule has 0 aromatic carbocycles. The van der Waals surface area contributed by atoms with E-state index in [1.807, 2.05) is 17.0 Å². The second-order valence-corrected chi connectivity index (χ2v) is 6.05. The smallest absolute Gasteiger partial charge is 0.260 e. The normalized spacial score (nSPS) is 16.1. The summed E-state index contributed by atoms with van der Waals surface area (Å²) in [5.74, 6) is 0.674. The summed E-state index contributed by atoms with van der Waals surface area (Å²) in [5.41, 5.74) is 1.04. The Morgan fingerprint density at radius 2 is 2.05 bits per heavy atom. The maximum absolute atomic E-state index is 12.0. The molecule has 20 heavy (non-hydrogen) atoms. The molecule has 1 amide bonds. The molecule has 1 N–H and O–H groups in total. The Morgan fingerprint density at radius 1 is 1.35 bits per heavy atom. The number of nitrogens with zero attached hydrogens (tertiary/aromatic N) is 2. The van der Waals surface area contributed by atoms with E-state index in [0.717, 1.165) is 31.9 Å². The maximum Gasteiger partial charge on any atom is 0.260 e. The number of aromatic nitrogens is 1. The van der Waals surface area contributed by atoms with Crippen molar-refractivity contribution in [3.8, 4) is 5.75 Å². The van der Waals surface area contributed by atoms with Gasteiger partial charge in [0, 0.05) is 37.3 Å². The highest BCUT2D eigenvalue weighted by molar-refractivity contribution is 5.77. The molecule has 0 bridgehead atoms. The van der Waals surface area contributed by atoms with Crippen LogP contribution in [0.1, 0.15) is 26.5 Å². The minimum Gasteiger partial charge on any atom is -0.482 e. The SMILES string of the molecule is CC(C)(C)c1ccc(OCC(=O)N2CCNCC2)cn1. The van der Waals surface area contributed by atoms with Crippen LogP contribution >= 0.6 is 0 Å². The molecule has 1 fully saturated rings. The first-order chi connectivity index (χ1) is 9.47. The predicted molar refractivity (Wildman–Crippen MR) is 77.9 cm³/mol. The van der Waals surface area contributed by atoms with Crippen LogP contribution in [0.25, 0.3) is 0 Å². The average Bonchev–Trinajstić information content (AvgIpc) is 2.45. The molecule has 1 aliphatic rings. The van der Waals surface area contributed by atoms with Crippen LogP contribution in [0.15, 0.2) is 18.3 Å². The fourth-order valence-electron chi connectivity index (χ4n) is 2.06. The molecule has 1 aromatic rings. The highest BCUT2D eigenvalue weighted by atomic mass is 16.5. The maximum atomic E-state index is 12.0. The number of pyridine rings is 1. The predicted octanol–water partition coefficient (Wildman–Crippen LogP) is 1.19. The van der Waals surface area contributed by atoms with Gasteiger partial charge in [0.15, 0.2) is 6.61 Å². The summed E-state index contributed by atoms with van der Waals surface area (Å²) in [6.45, 7) is 9.64. The zero-order chi connectivity index (χ0) is 14.6. The molecular formula is C15H23N3O2. The molecule has 2 heterocycles. The Balaban J connectivity index is 1.86. The standard InChI is InChI=1S/C15H23N3O2/c1-15(2,3)13-5-4-12(10-17-13)20-11-14(19)18-8-6-16-7-9-18/h4-5,10,16H,6-9,11H2,1-3H3. The first-order valence-corrected chi connectivity index (χ1v) is 7.04. The van der Waals surface area contributed by atoms with Gasteiger partial charge in [-0.2, -0.15) is 0 Å². The van der Waals surface area contributed by atoms with E-state index in [2.05, 4.69) is 31.1 Å². The van der Waals surface area contributed by atoms with Gasteiger partial charge >= 0.3 is 0 Å². The third-order valence-electron chi connectivity index (χ3n) is 3.34. The van der Waals surface area contributed by atoms with Crippen LogP contribution < -0.4 is 10.1 Å². The molecule has 5 heteroatoms. The molecule has 1 aromatic heterocycles. The second kappa shape index (κ2) is 6.22. The van der Waals surface area contributed by atoms with E-state index < -0.39 is 0 Å². The first-order valence-electron chi connectivity index (χ1n) is 7.04. The molecule has 0 unspecified atom stereocenters. The Kier molecular flexibility index (Phi) is 4.60. The van der Waals surface area contributed by atoms with Gasteiger partial charge in [-0.1, -0.05) is 20.8 Å². The van der Waals surface area contributed by atoms with Gasteiger partial charge in [0.2, 0.25) is 0 Å². The van der Waals surface area contributed by atoms with Gasteiger partial charge < -0.3 is 15.0 Å². The molecule has 5 nitrogen and oxygen atoms in total. The minimum atomic E-state index is 0.0230. The number of hydrogen-bond donors (Lipinski definition) is 1. The van der Waals surface area contributed by atoms with E-state index in [9.17, 15) is 4.79 Å². The lowest BCUT2D eigenvalue weighted by Gasteiger charge is -2.27. The van der Waals surface area contributed by atoms with E-state index in [-0.39, 0.29) is 17.9 Å². The van der Waals surface area contributed by atoms with Crippen LogP contribution in [0.5, 0.6) is 5.75 Å². The highest BCUT2D eigenvalue weighted by Gasteiger charge is 2.17. The Morgan fingerprint density at radius 3 is 2.60 bits per heavy atom. The van der Waals surface area contributed by atoms with Crippen LogP contribution in [0.2, 0.25) is 0 Å².